The van der Waals surface area contributed by atoms with Gasteiger partial charge in [-0.05, 0) is 67.3 Å². The average Bonchev–Trinajstić information content (AvgIpc) is 3.33. The first-order valence-electron chi connectivity index (χ1n) is 11.7. The molecule has 35 heavy (non-hydrogen) atoms. The predicted molar refractivity (Wildman–Crippen MR) is 134 cm³/mol. The molecule has 0 aliphatic carbocycles. The summed E-state index contributed by atoms with van der Waals surface area (Å²) in [5.41, 5.74) is 7.97. The number of rotatable bonds is 11. The number of nitrogens with two attached hydrogens (primary N) is 1. The van der Waals surface area contributed by atoms with Crippen LogP contribution in [0.4, 0.5) is 8.78 Å². The van der Waals surface area contributed by atoms with Crippen molar-refractivity contribution in [3.8, 4) is 5.75 Å². The van der Waals surface area contributed by atoms with Crippen LogP contribution in [0.15, 0.2) is 35.5 Å². The minimum absolute atomic E-state index is 0.000632. The van der Waals surface area contributed by atoms with Gasteiger partial charge in [-0.15, -0.1) is 0 Å². The van der Waals surface area contributed by atoms with Crippen LogP contribution < -0.4 is 10.5 Å². The largest absolute Gasteiger partial charge is 0.491 e. The van der Waals surface area contributed by atoms with Gasteiger partial charge >= 0.3 is 0 Å². The Kier molecular flexibility index (Phi) is 9.51. The van der Waals surface area contributed by atoms with Gasteiger partial charge in [-0.3, -0.25) is 9.79 Å². The first-order chi connectivity index (χ1) is 16.9. The van der Waals surface area contributed by atoms with Crippen LogP contribution in [-0.2, 0) is 11.2 Å². The molecule has 0 radical (unpaired) electrons. The van der Waals surface area contributed by atoms with Gasteiger partial charge in [0.05, 0.1) is 12.2 Å². The lowest BCUT2D eigenvalue weighted by molar-refractivity contribution is 0.111. The van der Waals surface area contributed by atoms with Crippen LogP contribution in [0.5, 0.6) is 5.75 Å². The number of allylic oxidation sites excluding steroid dienone is 1. The van der Waals surface area contributed by atoms with Gasteiger partial charge in [0.1, 0.15) is 24.0 Å². The fraction of sp³-hybridized carbons (Fsp3) is 0.407. The van der Waals surface area contributed by atoms with Crippen molar-refractivity contribution in [2.75, 3.05) is 47.0 Å². The summed E-state index contributed by atoms with van der Waals surface area (Å²) < 4.78 is 41.0. The van der Waals surface area contributed by atoms with Crippen molar-refractivity contribution < 1.29 is 23.0 Å². The summed E-state index contributed by atoms with van der Waals surface area (Å²) in [4.78, 5) is 17.8. The first-order valence-corrected chi connectivity index (χ1v) is 11.7. The first kappa shape index (κ1) is 26.5. The molecule has 0 saturated carbocycles. The second-order valence-electron chi connectivity index (χ2n) is 8.88. The monoisotopic (exact) mass is 485 g/mol. The van der Waals surface area contributed by atoms with E-state index < -0.39 is 11.6 Å². The number of aryl methyl sites for hydroxylation is 1. The molecule has 0 aromatic heterocycles. The molecular formula is C27H33F2N3O3. The third-order valence-corrected chi connectivity index (χ3v) is 6.21. The Morgan fingerprint density at radius 1 is 1.29 bits per heavy atom. The van der Waals surface area contributed by atoms with E-state index in [2.05, 4.69) is 9.89 Å². The van der Waals surface area contributed by atoms with E-state index >= 15 is 0 Å². The number of carbonyl (C=O) groups excluding carboxylic acids is 1. The van der Waals surface area contributed by atoms with Crippen LogP contribution in [-0.4, -0.2) is 64.4 Å². The Morgan fingerprint density at radius 3 is 2.63 bits per heavy atom. The normalized spacial score (nSPS) is 16.4. The van der Waals surface area contributed by atoms with Gasteiger partial charge < -0.3 is 20.1 Å². The van der Waals surface area contributed by atoms with Crippen LogP contribution in [0.25, 0.3) is 5.57 Å². The highest BCUT2D eigenvalue weighted by molar-refractivity contribution is 6.09. The van der Waals surface area contributed by atoms with Crippen LogP contribution in [0.2, 0.25) is 0 Å². The zero-order valence-electron chi connectivity index (χ0n) is 20.5. The maximum atomic E-state index is 14.9. The van der Waals surface area contributed by atoms with Crippen LogP contribution in [0.3, 0.4) is 0 Å². The number of hydrogen-bond donors (Lipinski definition) is 1. The molecule has 2 aromatic carbocycles. The number of nitrogens with zero attached hydrogens (tertiary/aromatic N) is 2. The molecule has 0 spiro atoms. The van der Waals surface area contributed by atoms with Gasteiger partial charge in [0, 0.05) is 56.7 Å². The molecule has 1 fully saturated rings. The fourth-order valence-electron chi connectivity index (χ4n) is 4.21. The Labute approximate surface area is 205 Å². The number of hydrogen-bond acceptors (Lipinski definition) is 6. The number of carbonyl (C=O) groups is 1. The number of ether oxygens (including phenoxy) is 2. The number of halogens is 2. The lowest BCUT2D eigenvalue weighted by Crippen LogP contribution is -2.30. The van der Waals surface area contributed by atoms with Gasteiger partial charge in [0.25, 0.3) is 0 Å². The summed E-state index contributed by atoms with van der Waals surface area (Å²) in [7, 11) is 3.59. The second-order valence-corrected chi connectivity index (χ2v) is 8.88. The maximum absolute atomic E-state index is 14.9. The zero-order chi connectivity index (χ0) is 25.4. The van der Waals surface area contributed by atoms with E-state index in [-0.39, 0.29) is 12.0 Å². The number of aldehydes is 1. The summed E-state index contributed by atoms with van der Waals surface area (Å²) in [5, 5.41) is 0. The van der Waals surface area contributed by atoms with Gasteiger partial charge in [0.15, 0.2) is 6.29 Å². The second kappa shape index (κ2) is 12.6. The van der Waals surface area contributed by atoms with Crippen molar-refractivity contribution in [3.63, 3.8) is 0 Å². The van der Waals surface area contributed by atoms with Crippen molar-refractivity contribution in [2.45, 2.75) is 19.8 Å². The Bertz CT molecular complexity index is 1070. The molecule has 188 valence electrons. The number of likely N-dealkylation sites (N-methyl/N-ethyl adjacent to an activating group) is 1. The average molecular weight is 486 g/mol. The Hall–Kier alpha value is -3.10. The molecule has 1 aliphatic heterocycles. The van der Waals surface area contributed by atoms with Gasteiger partial charge in [-0.2, -0.15) is 0 Å². The van der Waals surface area contributed by atoms with Crippen molar-refractivity contribution in [1.29, 1.82) is 0 Å². The number of benzene rings is 2. The summed E-state index contributed by atoms with van der Waals surface area (Å²) in [6.45, 7) is 5.52. The van der Waals surface area contributed by atoms with E-state index in [1.807, 2.05) is 14.0 Å². The molecule has 3 rings (SSSR count). The summed E-state index contributed by atoms with van der Waals surface area (Å²) in [6.07, 6.45) is 4.47. The van der Waals surface area contributed by atoms with Crippen LogP contribution in [0.1, 0.15) is 39.0 Å². The standard InChI is InChI=1S/C27H33F2N3O3/c1-18-8-27(35-7-5-32(3)15-19-4-6-34-17-19)22(16-33)9-20(18)10-24-25(28)11-21(12-26(24)29)23(13-30)14-31-2/h8-9,11-14,16,19H,4-7,10,15,17,30H2,1-3H3/b23-13+,31-14?. The van der Waals surface area contributed by atoms with Crippen molar-refractivity contribution in [1.82, 2.24) is 4.90 Å². The molecular weight excluding hydrogens is 452 g/mol. The topological polar surface area (TPSA) is 77.1 Å². The van der Waals surface area contributed by atoms with Gasteiger partial charge in [0.2, 0.25) is 0 Å². The molecule has 8 heteroatoms. The van der Waals surface area contributed by atoms with E-state index in [9.17, 15) is 13.6 Å². The summed E-state index contributed by atoms with van der Waals surface area (Å²) in [6, 6.07) is 5.86. The van der Waals surface area contributed by atoms with E-state index in [0.717, 1.165) is 31.7 Å². The SMILES string of the molecule is CN=C/C(=C\N)c1cc(F)c(Cc2cc(C=O)c(OCCN(C)CC3CCOC3)cc2C)c(F)c1. The third kappa shape index (κ3) is 6.96. The number of aliphatic imine (C=N–C) groups is 1. The Morgan fingerprint density at radius 2 is 2.03 bits per heavy atom. The summed E-state index contributed by atoms with van der Waals surface area (Å²) in [5.74, 6) is -0.370. The van der Waals surface area contributed by atoms with Gasteiger partial charge in [-0.25, -0.2) is 8.78 Å². The molecule has 0 amide bonds. The molecule has 6 nitrogen and oxygen atoms in total. The Balaban J connectivity index is 1.71. The minimum Gasteiger partial charge on any atom is -0.491 e. The third-order valence-electron chi connectivity index (χ3n) is 6.21. The van der Waals surface area contributed by atoms with Crippen LogP contribution >= 0.6 is 0 Å². The van der Waals surface area contributed by atoms with Crippen LogP contribution in [0, 0.1) is 24.5 Å². The molecule has 2 N–H and O–H groups in total. The lowest BCUT2D eigenvalue weighted by Gasteiger charge is -2.20. The highest BCUT2D eigenvalue weighted by Crippen LogP contribution is 2.27. The van der Waals surface area contributed by atoms with E-state index in [0.29, 0.717) is 53.4 Å². The van der Waals surface area contributed by atoms with Crippen molar-refractivity contribution in [2.24, 2.45) is 16.6 Å². The molecule has 0 bridgehead atoms. The molecule has 2 aromatic rings. The molecule has 1 heterocycles. The van der Waals surface area contributed by atoms with E-state index in [1.54, 1.807) is 19.2 Å². The zero-order valence-corrected chi connectivity index (χ0v) is 20.5. The molecule has 1 saturated heterocycles. The van der Waals surface area contributed by atoms with E-state index in [4.69, 9.17) is 15.2 Å². The molecule has 1 aliphatic rings. The van der Waals surface area contributed by atoms with Crippen molar-refractivity contribution >= 4 is 18.1 Å². The van der Waals surface area contributed by atoms with Gasteiger partial charge in [-0.1, -0.05) is 0 Å². The molecule has 1 unspecified atom stereocenters. The maximum Gasteiger partial charge on any atom is 0.153 e. The minimum atomic E-state index is -0.688. The smallest absolute Gasteiger partial charge is 0.153 e. The molecule has 1 atom stereocenters. The quantitative estimate of drug-likeness (QED) is 0.384. The van der Waals surface area contributed by atoms with Crippen molar-refractivity contribution in [3.05, 3.63) is 69.9 Å². The predicted octanol–water partition coefficient (Wildman–Crippen LogP) is 4.02. The fourth-order valence-corrected chi connectivity index (χ4v) is 4.21. The summed E-state index contributed by atoms with van der Waals surface area (Å²) >= 11 is 0. The lowest BCUT2D eigenvalue weighted by atomic mass is 9.95. The van der Waals surface area contributed by atoms with E-state index in [1.165, 1.54) is 24.5 Å². The highest BCUT2D eigenvalue weighted by atomic mass is 19.1. The highest BCUT2D eigenvalue weighted by Gasteiger charge is 2.18.